The molecule has 1 heterocycles. The lowest BCUT2D eigenvalue weighted by atomic mass is 10.1. The predicted molar refractivity (Wildman–Crippen MR) is 71.3 cm³/mol. The van der Waals surface area contributed by atoms with E-state index in [9.17, 15) is 0 Å². The highest BCUT2D eigenvalue weighted by Crippen LogP contribution is 2.16. The van der Waals surface area contributed by atoms with Crippen LogP contribution in [-0.4, -0.2) is 16.3 Å². The first kappa shape index (κ1) is 12.2. The Balaban J connectivity index is 1.99. The van der Waals surface area contributed by atoms with Gasteiger partial charge in [0.25, 0.3) is 0 Å². The van der Waals surface area contributed by atoms with Gasteiger partial charge in [-0.05, 0) is 30.7 Å². The SMILES string of the molecule is Cc1ccc(NCCc2ccnn2C)c(C#N)c1. The number of anilines is 1. The van der Waals surface area contributed by atoms with Crippen molar-refractivity contribution in [3.8, 4) is 6.07 Å². The summed E-state index contributed by atoms with van der Waals surface area (Å²) in [4.78, 5) is 0. The summed E-state index contributed by atoms with van der Waals surface area (Å²) < 4.78 is 1.86. The monoisotopic (exact) mass is 240 g/mol. The van der Waals surface area contributed by atoms with Crippen molar-refractivity contribution in [2.24, 2.45) is 7.05 Å². The molecule has 0 saturated carbocycles. The van der Waals surface area contributed by atoms with E-state index in [1.807, 2.05) is 42.9 Å². The predicted octanol–water partition coefficient (Wildman–Crippen LogP) is 2.25. The highest BCUT2D eigenvalue weighted by molar-refractivity contribution is 5.58. The largest absolute Gasteiger partial charge is 0.384 e. The summed E-state index contributed by atoms with van der Waals surface area (Å²) in [5, 5.41) is 16.5. The third kappa shape index (κ3) is 2.69. The summed E-state index contributed by atoms with van der Waals surface area (Å²) in [6.07, 6.45) is 2.68. The zero-order valence-corrected chi connectivity index (χ0v) is 10.6. The van der Waals surface area contributed by atoms with Gasteiger partial charge in [0, 0.05) is 31.9 Å². The van der Waals surface area contributed by atoms with E-state index in [2.05, 4.69) is 16.5 Å². The molecule has 92 valence electrons. The Kier molecular flexibility index (Phi) is 3.63. The molecule has 0 radical (unpaired) electrons. The number of aryl methyl sites for hydroxylation is 2. The summed E-state index contributed by atoms with van der Waals surface area (Å²) in [5.74, 6) is 0. The normalized spacial score (nSPS) is 10.1. The molecule has 4 nitrogen and oxygen atoms in total. The Labute approximate surface area is 107 Å². The first-order chi connectivity index (χ1) is 8.70. The van der Waals surface area contributed by atoms with Gasteiger partial charge in [-0.3, -0.25) is 4.68 Å². The summed E-state index contributed by atoms with van der Waals surface area (Å²) in [7, 11) is 1.93. The van der Waals surface area contributed by atoms with Gasteiger partial charge >= 0.3 is 0 Å². The van der Waals surface area contributed by atoms with Crippen molar-refractivity contribution in [3.05, 3.63) is 47.3 Å². The number of nitriles is 1. The van der Waals surface area contributed by atoms with Crippen molar-refractivity contribution >= 4 is 5.69 Å². The van der Waals surface area contributed by atoms with Gasteiger partial charge in [-0.2, -0.15) is 10.4 Å². The second-order valence-electron chi connectivity index (χ2n) is 4.28. The summed E-state index contributed by atoms with van der Waals surface area (Å²) in [6, 6.07) is 10.1. The quantitative estimate of drug-likeness (QED) is 0.891. The van der Waals surface area contributed by atoms with Crippen molar-refractivity contribution in [2.75, 3.05) is 11.9 Å². The van der Waals surface area contributed by atoms with Crippen molar-refractivity contribution in [1.82, 2.24) is 9.78 Å². The molecule has 2 aromatic rings. The average Bonchev–Trinajstić information content (AvgIpc) is 2.77. The van der Waals surface area contributed by atoms with E-state index in [4.69, 9.17) is 5.26 Å². The maximum atomic E-state index is 9.07. The molecule has 0 bridgehead atoms. The number of benzene rings is 1. The Morgan fingerprint density at radius 1 is 1.39 bits per heavy atom. The van der Waals surface area contributed by atoms with Crippen LogP contribution in [-0.2, 0) is 13.5 Å². The molecule has 0 unspecified atom stereocenters. The minimum atomic E-state index is 0.694. The maximum absolute atomic E-state index is 9.07. The lowest BCUT2D eigenvalue weighted by Crippen LogP contribution is -2.09. The highest BCUT2D eigenvalue weighted by Gasteiger charge is 2.02. The molecule has 18 heavy (non-hydrogen) atoms. The van der Waals surface area contributed by atoms with E-state index in [-0.39, 0.29) is 0 Å². The average molecular weight is 240 g/mol. The fourth-order valence-corrected chi connectivity index (χ4v) is 1.88. The Morgan fingerprint density at radius 3 is 2.89 bits per heavy atom. The minimum Gasteiger partial charge on any atom is -0.384 e. The van der Waals surface area contributed by atoms with Crippen LogP contribution in [0.15, 0.2) is 30.5 Å². The fourth-order valence-electron chi connectivity index (χ4n) is 1.88. The van der Waals surface area contributed by atoms with Crippen LogP contribution in [0.2, 0.25) is 0 Å². The molecular weight excluding hydrogens is 224 g/mol. The number of hydrogen-bond acceptors (Lipinski definition) is 3. The standard InChI is InChI=1S/C14H16N4/c1-11-3-4-14(12(9-11)10-15)16-7-5-13-6-8-17-18(13)2/h3-4,6,8-9,16H,5,7H2,1-2H3. The molecule has 1 aromatic heterocycles. The van der Waals surface area contributed by atoms with Crippen LogP contribution in [0.4, 0.5) is 5.69 Å². The lowest BCUT2D eigenvalue weighted by molar-refractivity contribution is 0.711. The van der Waals surface area contributed by atoms with E-state index in [1.165, 1.54) is 5.69 Å². The molecule has 0 aliphatic rings. The van der Waals surface area contributed by atoms with Gasteiger partial charge in [0.15, 0.2) is 0 Å². The van der Waals surface area contributed by atoms with Crippen LogP contribution in [0.25, 0.3) is 0 Å². The Hall–Kier alpha value is -2.28. The molecule has 0 aliphatic carbocycles. The Bertz CT molecular complexity index is 578. The van der Waals surface area contributed by atoms with Gasteiger partial charge in [-0.25, -0.2) is 0 Å². The van der Waals surface area contributed by atoms with E-state index >= 15 is 0 Å². The smallest absolute Gasteiger partial charge is 0.101 e. The number of rotatable bonds is 4. The van der Waals surface area contributed by atoms with Crippen LogP contribution in [0.3, 0.4) is 0 Å². The van der Waals surface area contributed by atoms with Crippen LogP contribution < -0.4 is 5.32 Å². The number of hydrogen-bond donors (Lipinski definition) is 1. The summed E-state index contributed by atoms with van der Waals surface area (Å²) in [6.45, 7) is 2.78. The molecule has 0 amide bonds. The fraction of sp³-hybridized carbons (Fsp3) is 0.286. The van der Waals surface area contributed by atoms with Crippen molar-refractivity contribution in [3.63, 3.8) is 0 Å². The summed E-state index contributed by atoms with van der Waals surface area (Å²) >= 11 is 0. The van der Waals surface area contributed by atoms with E-state index < -0.39 is 0 Å². The first-order valence-corrected chi connectivity index (χ1v) is 5.92. The number of nitrogens with one attached hydrogen (secondary N) is 1. The van der Waals surface area contributed by atoms with Gasteiger partial charge in [0.1, 0.15) is 6.07 Å². The zero-order valence-electron chi connectivity index (χ0n) is 10.6. The van der Waals surface area contributed by atoms with Gasteiger partial charge in [0.2, 0.25) is 0 Å². The second kappa shape index (κ2) is 5.37. The minimum absolute atomic E-state index is 0.694. The lowest BCUT2D eigenvalue weighted by Gasteiger charge is -2.09. The molecule has 0 saturated heterocycles. The molecule has 4 heteroatoms. The van der Waals surface area contributed by atoms with Crippen molar-refractivity contribution in [2.45, 2.75) is 13.3 Å². The van der Waals surface area contributed by atoms with E-state index in [1.54, 1.807) is 6.20 Å². The van der Waals surface area contributed by atoms with Gasteiger partial charge in [-0.1, -0.05) is 6.07 Å². The number of nitrogens with zero attached hydrogens (tertiary/aromatic N) is 3. The van der Waals surface area contributed by atoms with Crippen LogP contribution in [0.1, 0.15) is 16.8 Å². The molecule has 1 N–H and O–H groups in total. The summed E-state index contributed by atoms with van der Waals surface area (Å²) in [5.41, 5.74) is 3.86. The third-order valence-electron chi connectivity index (χ3n) is 2.91. The number of aromatic nitrogens is 2. The van der Waals surface area contributed by atoms with Gasteiger partial charge in [0.05, 0.1) is 11.3 Å². The van der Waals surface area contributed by atoms with Crippen LogP contribution in [0.5, 0.6) is 0 Å². The van der Waals surface area contributed by atoms with Crippen LogP contribution >= 0.6 is 0 Å². The zero-order chi connectivity index (χ0) is 13.0. The Morgan fingerprint density at radius 2 is 2.22 bits per heavy atom. The molecule has 2 rings (SSSR count). The maximum Gasteiger partial charge on any atom is 0.101 e. The first-order valence-electron chi connectivity index (χ1n) is 5.92. The van der Waals surface area contributed by atoms with E-state index in [0.717, 1.165) is 24.2 Å². The second-order valence-corrected chi connectivity index (χ2v) is 4.28. The van der Waals surface area contributed by atoms with Crippen molar-refractivity contribution < 1.29 is 0 Å². The molecule has 0 spiro atoms. The molecule has 0 fully saturated rings. The van der Waals surface area contributed by atoms with Gasteiger partial charge in [-0.15, -0.1) is 0 Å². The molecule has 1 aromatic carbocycles. The molecule has 0 atom stereocenters. The topological polar surface area (TPSA) is 53.6 Å². The van der Waals surface area contributed by atoms with Crippen molar-refractivity contribution in [1.29, 1.82) is 5.26 Å². The van der Waals surface area contributed by atoms with Crippen LogP contribution in [0, 0.1) is 18.3 Å². The third-order valence-corrected chi connectivity index (χ3v) is 2.91. The van der Waals surface area contributed by atoms with E-state index in [0.29, 0.717) is 5.56 Å². The van der Waals surface area contributed by atoms with Gasteiger partial charge < -0.3 is 5.32 Å². The molecule has 0 aliphatic heterocycles. The highest BCUT2D eigenvalue weighted by atomic mass is 15.3. The molecular formula is C14H16N4.